The summed E-state index contributed by atoms with van der Waals surface area (Å²) in [6, 6.07) is 9.89. The molecule has 1 unspecified atom stereocenters. The maximum atomic E-state index is 13.4. The normalized spacial score (nSPS) is 26.6. The van der Waals surface area contributed by atoms with E-state index in [1.54, 1.807) is 0 Å². The van der Waals surface area contributed by atoms with E-state index in [1.165, 1.54) is 5.57 Å². The van der Waals surface area contributed by atoms with Crippen molar-refractivity contribution in [3.05, 3.63) is 71.0 Å². The Balaban J connectivity index is 1.47. The van der Waals surface area contributed by atoms with Crippen molar-refractivity contribution < 1.29 is 14.3 Å². The first kappa shape index (κ1) is 18.3. The SMILES string of the molecule is O=C1NC2=CC(=NC(=O)C3(c4ccccc4)CCOCC3)C=CC2C2=C1CCC2. The standard InChI is InChI=1S/C24H24N2O3/c27-22-20-8-4-7-18(20)19-10-9-17(15-21(19)26-22)25-23(28)24(11-13-29-14-12-24)16-5-2-1-3-6-16/h1-3,5-6,9-10,15,19H,4,7-8,11-14H2,(H,26,27). The first-order valence-corrected chi connectivity index (χ1v) is 10.4. The predicted octanol–water partition coefficient (Wildman–Crippen LogP) is 3.38. The number of rotatable bonds is 2. The molecule has 0 radical (unpaired) electrons. The second-order valence-corrected chi connectivity index (χ2v) is 8.15. The summed E-state index contributed by atoms with van der Waals surface area (Å²) in [6.07, 6.45) is 9.98. The third-order valence-corrected chi connectivity index (χ3v) is 6.58. The van der Waals surface area contributed by atoms with Gasteiger partial charge in [0.2, 0.25) is 0 Å². The summed E-state index contributed by atoms with van der Waals surface area (Å²) in [6.45, 7) is 1.11. The van der Waals surface area contributed by atoms with E-state index in [0.29, 0.717) is 31.8 Å². The molecule has 2 aliphatic heterocycles. The van der Waals surface area contributed by atoms with E-state index < -0.39 is 5.41 Å². The van der Waals surface area contributed by atoms with E-state index in [-0.39, 0.29) is 17.7 Å². The molecule has 0 bridgehead atoms. The number of ether oxygens (including phenoxy) is 1. The van der Waals surface area contributed by atoms with Gasteiger partial charge in [-0.1, -0.05) is 36.4 Å². The zero-order valence-electron chi connectivity index (χ0n) is 16.3. The van der Waals surface area contributed by atoms with Crippen LogP contribution in [0.5, 0.6) is 0 Å². The minimum Gasteiger partial charge on any atom is -0.381 e. The van der Waals surface area contributed by atoms with Crippen LogP contribution in [0.25, 0.3) is 0 Å². The number of fused-ring (bicyclic) bond motifs is 2. The van der Waals surface area contributed by atoms with Crippen LogP contribution in [-0.2, 0) is 19.7 Å². The largest absolute Gasteiger partial charge is 0.381 e. The summed E-state index contributed by atoms with van der Waals surface area (Å²) in [5.41, 5.74) is 3.96. The number of allylic oxidation sites excluding steroid dienone is 3. The molecule has 1 atom stereocenters. The average Bonchev–Trinajstić information content (AvgIpc) is 3.26. The molecule has 1 aromatic carbocycles. The quantitative estimate of drug-likeness (QED) is 0.845. The molecular formula is C24H24N2O3. The Hall–Kier alpha value is -2.79. The number of hydrogen-bond donors (Lipinski definition) is 1. The monoisotopic (exact) mass is 388 g/mol. The Morgan fingerprint density at radius 2 is 1.93 bits per heavy atom. The molecule has 1 fully saturated rings. The van der Waals surface area contributed by atoms with Crippen molar-refractivity contribution in [1.29, 1.82) is 0 Å². The Labute approximate surface area is 170 Å². The first-order valence-electron chi connectivity index (χ1n) is 10.4. The van der Waals surface area contributed by atoms with Gasteiger partial charge in [0.25, 0.3) is 11.8 Å². The Morgan fingerprint density at radius 3 is 2.72 bits per heavy atom. The molecule has 29 heavy (non-hydrogen) atoms. The maximum absolute atomic E-state index is 13.4. The Morgan fingerprint density at radius 1 is 1.14 bits per heavy atom. The van der Waals surface area contributed by atoms with Gasteiger partial charge < -0.3 is 10.1 Å². The van der Waals surface area contributed by atoms with Gasteiger partial charge in [0.05, 0.1) is 11.1 Å². The molecule has 1 saturated heterocycles. The molecule has 0 saturated carbocycles. The number of nitrogens with one attached hydrogen (secondary N) is 1. The number of nitrogens with zero attached hydrogens (tertiary/aromatic N) is 1. The Bertz CT molecular complexity index is 979. The third kappa shape index (κ3) is 3.10. The predicted molar refractivity (Wildman–Crippen MR) is 110 cm³/mol. The van der Waals surface area contributed by atoms with Gasteiger partial charge in [0, 0.05) is 30.4 Å². The minimum atomic E-state index is -0.646. The summed E-state index contributed by atoms with van der Waals surface area (Å²) in [5.74, 6) is -0.0126. The highest BCUT2D eigenvalue weighted by Crippen LogP contribution is 2.40. The smallest absolute Gasteiger partial charge is 0.257 e. The number of carbonyl (C=O) groups excluding carboxylic acids is 2. The van der Waals surface area contributed by atoms with Crippen molar-refractivity contribution in [2.24, 2.45) is 10.9 Å². The van der Waals surface area contributed by atoms with Crippen LogP contribution in [0.2, 0.25) is 0 Å². The van der Waals surface area contributed by atoms with Crippen molar-refractivity contribution in [3.63, 3.8) is 0 Å². The van der Waals surface area contributed by atoms with Gasteiger partial charge in [-0.2, -0.15) is 0 Å². The highest BCUT2D eigenvalue weighted by Gasteiger charge is 2.42. The van der Waals surface area contributed by atoms with Crippen molar-refractivity contribution in [3.8, 4) is 0 Å². The fourth-order valence-corrected chi connectivity index (χ4v) is 4.99. The van der Waals surface area contributed by atoms with Crippen LogP contribution >= 0.6 is 0 Å². The zero-order chi connectivity index (χ0) is 19.8. The van der Waals surface area contributed by atoms with Crippen molar-refractivity contribution in [2.75, 3.05) is 13.2 Å². The van der Waals surface area contributed by atoms with Gasteiger partial charge in [0.15, 0.2) is 0 Å². The summed E-state index contributed by atoms with van der Waals surface area (Å²) < 4.78 is 5.53. The zero-order valence-corrected chi connectivity index (χ0v) is 16.3. The highest BCUT2D eigenvalue weighted by atomic mass is 16.5. The molecule has 2 heterocycles. The summed E-state index contributed by atoms with van der Waals surface area (Å²) >= 11 is 0. The minimum absolute atomic E-state index is 0.00571. The van der Waals surface area contributed by atoms with Gasteiger partial charge in [-0.05, 0) is 55.4 Å². The Kier molecular flexibility index (Phi) is 4.55. The van der Waals surface area contributed by atoms with Gasteiger partial charge in [0.1, 0.15) is 0 Å². The van der Waals surface area contributed by atoms with Crippen molar-refractivity contribution in [1.82, 2.24) is 5.32 Å². The fraction of sp³-hybridized carbons (Fsp3) is 0.375. The van der Waals surface area contributed by atoms with Crippen LogP contribution in [0, 0.1) is 5.92 Å². The van der Waals surface area contributed by atoms with Crippen molar-refractivity contribution in [2.45, 2.75) is 37.5 Å². The van der Waals surface area contributed by atoms with Crippen molar-refractivity contribution >= 4 is 17.5 Å². The van der Waals surface area contributed by atoms with E-state index in [2.05, 4.69) is 16.4 Å². The highest BCUT2D eigenvalue weighted by molar-refractivity contribution is 6.13. The van der Waals surface area contributed by atoms with Crippen LogP contribution in [0.4, 0.5) is 0 Å². The molecule has 2 aliphatic carbocycles. The van der Waals surface area contributed by atoms with Crippen LogP contribution in [-0.4, -0.2) is 30.7 Å². The second kappa shape index (κ2) is 7.23. The number of amides is 2. The van der Waals surface area contributed by atoms with E-state index in [1.807, 2.05) is 42.5 Å². The lowest BCUT2D eigenvalue weighted by Crippen LogP contribution is -2.41. The van der Waals surface area contributed by atoms with Crippen LogP contribution in [0.1, 0.15) is 37.7 Å². The molecule has 4 aliphatic rings. The molecule has 2 amide bonds. The number of aliphatic imine (C=N–C) groups is 1. The lowest BCUT2D eigenvalue weighted by atomic mass is 9.73. The maximum Gasteiger partial charge on any atom is 0.257 e. The lowest BCUT2D eigenvalue weighted by Gasteiger charge is -2.35. The molecule has 0 aromatic heterocycles. The summed E-state index contributed by atoms with van der Waals surface area (Å²) in [7, 11) is 0. The van der Waals surface area contributed by atoms with Crippen LogP contribution in [0.15, 0.2) is 70.4 Å². The molecule has 1 N–H and O–H groups in total. The molecule has 148 valence electrons. The summed E-state index contributed by atoms with van der Waals surface area (Å²) in [4.78, 5) is 30.3. The molecule has 5 heteroatoms. The van der Waals surface area contributed by atoms with Crippen LogP contribution in [0.3, 0.4) is 0 Å². The molecular weight excluding hydrogens is 364 g/mol. The van der Waals surface area contributed by atoms with Gasteiger partial charge in [-0.3, -0.25) is 9.59 Å². The molecule has 5 rings (SSSR count). The summed E-state index contributed by atoms with van der Waals surface area (Å²) in [5, 5.41) is 3.01. The first-order chi connectivity index (χ1) is 14.2. The van der Waals surface area contributed by atoms with E-state index in [9.17, 15) is 9.59 Å². The topological polar surface area (TPSA) is 67.8 Å². The van der Waals surface area contributed by atoms with Gasteiger partial charge in [-0.25, -0.2) is 4.99 Å². The fourth-order valence-electron chi connectivity index (χ4n) is 4.99. The van der Waals surface area contributed by atoms with E-state index in [4.69, 9.17) is 4.74 Å². The van der Waals surface area contributed by atoms with Gasteiger partial charge in [-0.15, -0.1) is 0 Å². The third-order valence-electron chi connectivity index (χ3n) is 6.58. The number of benzene rings is 1. The van der Waals surface area contributed by atoms with E-state index >= 15 is 0 Å². The van der Waals surface area contributed by atoms with E-state index in [0.717, 1.165) is 36.1 Å². The number of carbonyl (C=O) groups is 2. The lowest BCUT2D eigenvalue weighted by molar-refractivity contribution is -0.126. The van der Waals surface area contributed by atoms with Crippen LogP contribution < -0.4 is 5.32 Å². The molecule has 1 aromatic rings. The van der Waals surface area contributed by atoms with Gasteiger partial charge >= 0.3 is 0 Å². The molecule has 0 spiro atoms. The average molecular weight is 388 g/mol. The molecule has 5 nitrogen and oxygen atoms in total. The number of hydrogen-bond acceptors (Lipinski definition) is 3. The second-order valence-electron chi connectivity index (χ2n) is 8.15.